The summed E-state index contributed by atoms with van der Waals surface area (Å²) >= 11 is 0. The fraction of sp³-hybridized carbons (Fsp3) is 1.00. The van der Waals surface area contributed by atoms with Crippen molar-refractivity contribution >= 4 is 0 Å². The Labute approximate surface area is 87.3 Å². The van der Waals surface area contributed by atoms with Gasteiger partial charge in [-0.3, -0.25) is 0 Å². The number of aliphatic hydroxyl groups excluding tert-OH is 2. The van der Waals surface area contributed by atoms with Gasteiger partial charge in [0.05, 0.1) is 6.10 Å². The molecule has 0 aromatic carbocycles. The van der Waals surface area contributed by atoms with Crippen molar-refractivity contribution in [3.8, 4) is 0 Å². The first-order chi connectivity index (χ1) is 6.20. The molecule has 14 heavy (non-hydrogen) atoms. The van der Waals surface area contributed by atoms with Crippen LogP contribution in [0.25, 0.3) is 0 Å². The highest BCUT2D eigenvalue weighted by atomic mass is 16.3. The summed E-state index contributed by atoms with van der Waals surface area (Å²) < 4.78 is 0. The standard InChI is InChI=1S/C12H24O2/c1-11(2,3)9-6-12(4,5)10(14)8(9)7-13/h8-10,13-14H,6-7H2,1-5H3/t8-,9-,10-/m1/s1. The fourth-order valence-electron chi connectivity index (χ4n) is 2.81. The van der Waals surface area contributed by atoms with E-state index in [0.29, 0.717) is 5.92 Å². The molecule has 1 aliphatic rings. The van der Waals surface area contributed by atoms with Gasteiger partial charge in [-0.25, -0.2) is 0 Å². The van der Waals surface area contributed by atoms with Gasteiger partial charge in [0.2, 0.25) is 0 Å². The monoisotopic (exact) mass is 200 g/mol. The average molecular weight is 200 g/mol. The molecule has 2 N–H and O–H groups in total. The summed E-state index contributed by atoms with van der Waals surface area (Å²) in [5.41, 5.74) is 0.119. The van der Waals surface area contributed by atoms with Crippen molar-refractivity contribution < 1.29 is 10.2 Å². The highest BCUT2D eigenvalue weighted by Crippen LogP contribution is 2.51. The minimum Gasteiger partial charge on any atom is -0.396 e. The Hall–Kier alpha value is -0.0800. The largest absolute Gasteiger partial charge is 0.396 e. The third kappa shape index (κ3) is 1.96. The van der Waals surface area contributed by atoms with Crippen molar-refractivity contribution in [1.29, 1.82) is 0 Å². The topological polar surface area (TPSA) is 40.5 Å². The molecule has 84 valence electrons. The zero-order valence-electron chi connectivity index (χ0n) is 10.0. The molecule has 0 unspecified atom stereocenters. The third-order valence-electron chi connectivity index (χ3n) is 3.79. The molecule has 0 amide bonds. The summed E-state index contributed by atoms with van der Waals surface area (Å²) in [6.07, 6.45) is 0.639. The van der Waals surface area contributed by atoms with Gasteiger partial charge in [0.1, 0.15) is 0 Å². The van der Waals surface area contributed by atoms with Crippen molar-refractivity contribution in [3.05, 3.63) is 0 Å². The minimum atomic E-state index is -0.364. The van der Waals surface area contributed by atoms with E-state index >= 15 is 0 Å². The number of hydrogen-bond donors (Lipinski definition) is 2. The molecule has 0 aliphatic heterocycles. The normalized spacial score (nSPS) is 37.5. The van der Waals surface area contributed by atoms with E-state index in [0.717, 1.165) is 6.42 Å². The first kappa shape index (κ1) is 12.0. The van der Waals surface area contributed by atoms with Crippen LogP contribution in [0.2, 0.25) is 0 Å². The number of rotatable bonds is 1. The molecule has 1 saturated carbocycles. The van der Waals surface area contributed by atoms with Crippen LogP contribution in [-0.4, -0.2) is 22.9 Å². The van der Waals surface area contributed by atoms with E-state index in [4.69, 9.17) is 0 Å². The Balaban J connectivity index is 2.90. The molecule has 1 fully saturated rings. The lowest BCUT2D eigenvalue weighted by molar-refractivity contribution is 0.00933. The maximum atomic E-state index is 10.1. The Kier molecular flexibility index (Phi) is 2.99. The fourth-order valence-corrected chi connectivity index (χ4v) is 2.81. The van der Waals surface area contributed by atoms with Crippen molar-refractivity contribution in [2.75, 3.05) is 6.61 Å². The quantitative estimate of drug-likeness (QED) is 0.680. The Morgan fingerprint density at radius 2 is 1.79 bits per heavy atom. The molecule has 0 aromatic heterocycles. The smallest absolute Gasteiger partial charge is 0.0644 e. The summed E-state index contributed by atoms with van der Waals surface area (Å²) in [6, 6.07) is 0. The second-order valence-electron chi connectivity index (χ2n) is 6.46. The lowest BCUT2D eigenvalue weighted by Crippen LogP contribution is -2.33. The zero-order chi connectivity index (χ0) is 11.1. The summed E-state index contributed by atoms with van der Waals surface area (Å²) in [5, 5.41) is 19.4. The number of hydrogen-bond acceptors (Lipinski definition) is 2. The van der Waals surface area contributed by atoms with Gasteiger partial charge in [-0.05, 0) is 23.2 Å². The van der Waals surface area contributed by atoms with Crippen LogP contribution in [-0.2, 0) is 0 Å². The van der Waals surface area contributed by atoms with Crippen molar-refractivity contribution in [2.24, 2.45) is 22.7 Å². The number of aliphatic hydroxyl groups is 2. The van der Waals surface area contributed by atoms with Gasteiger partial charge in [-0.15, -0.1) is 0 Å². The first-order valence-corrected chi connectivity index (χ1v) is 5.49. The molecule has 0 bridgehead atoms. The van der Waals surface area contributed by atoms with E-state index in [1.54, 1.807) is 0 Å². The Morgan fingerprint density at radius 1 is 1.29 bits per heavy atom. The Bertz CT molecular complexity index is 203. The maximum Gasteiger partial charge on any atom is 0.0644 e. The Morgan fingerprint density at radius 3 is 2.07 bits per heavy atom. The molecular formula is C12H24O2. The maximum absolute atomic E-state index is 10.1. The lowest BCUT2D eigenvalue weighted by Gasteiger charge is -2.32. The van der Waals surface area contributed by atoms with Crippen LogP contribution in [0.4, 0.5) is 0 Å². The second-order valence-corrected chi connectivity index (χ2v) is 6.46. The molecule has 3 atom stereocenters. The van der Waals surface area contributed by atoms with Crippen LogP contribution in [0.15, 0.2) is 0 Å². The van der Waals surface area contributed by atoms with E-state index in [-0.39, 0.29) is 29.5 Å². The van der Waals surface area contributed by atoms with Gasteiger partial charge < -0.3 is 10.2 Å². The zero-order valence-corrected chi connectivity index (χ0v) is 10.0. The van der Waals surface area contributed by atoms with E-state index < -0.39 is 0 Å². The van der Waals surface area contributed by atoms with Crippen LogP contribution in [0, 0.1) is 22.7 Å². The van der Waals surface area contributed by atoms with Gasteiger partial charge >= 0.3 is 0 Å². The third-order valence-corrected chi connectivity index (χ3v) is 3.79. The van der Waals surface area contributed by atoms with Crippen LogP contribution in [0.5, 0.6) is 0 Å². The van der Waals surface area contributed by atoms with E-state index in [1.807, 2.05) is 0 Å². The van der Waals surface area contributed by atoms with Crippen molar-refractivity contribution in [1.82, 2.24) is 0 Å². The average Bonchev–Trinajstić information content (AvgIpc) is 2.23. The molecule has 1 rings (SSSR count). The van der Waals surface area contributed by atoms with Gasteiger partial charge in [-0.2, -0.15) is 0 Å². The molecule has 2 heteroatoms. The van der Waals surface area contributed by atoms with Crippen LogP contribution in [0.3, 0.4) is 0 Å². The highest BCUT2D eigenvalue weighted by Gasteiger charge is 2.50. The second kappa shape index (κ2) is 3.49. The summed E-state index contributed by atoms with van der Waals surface area (Å²) in [7, 11) is 0. The van der Waals surface area contributed by atoms with Crippen molar-refractivity contribution in [3.63, 3.8) is 0 Å². The molecule has 0 radical (unpaired) electrons. The van der Waals surface area contributed by atoms with Crippen LogP contribution in [0.1, 0.15) is 41.0 Å². The predicted molar refractivity (Wildman–Crippen MR) is 57.9 cm³/mol. The van der Waals surface area contributed by atoms with E-state index in [1.165, 1.54) is 0 Å². The molecule has 0 heterocycles. The van der Waals surface area contributed by atoms with Gasteiger partial charge in [0.15, 0.2) is 0 Å². The molecule has 1 aliphatic carbocycles. The first-order valence-electron chi connectivity index (χ1n) is 5.49. The van der Waals surface area contributed by atoms with Gasteiger partial charge in [0.25, 0.3) is 0 Å². The van der Waals surface area contributed by atoms with Crippen LogP contribution >= 0.6 is 0 Å². The van der Waals surface area contributed by atoms with Crippen LogP contribution < -0.4 is 0 Å². The van der Waals surface area contributed by atoms with Crippen molar-refractivity contribution in [2.45, 2.75) is 47.1 Å². The van der Waals surface area contributed by atoms with E-state index in [2.05, 4.69) is 34.6 Å². The highest BCUT2D eigenvalue weighted by molar-refractivity contribution is 4.99. The molecule has 0 spiro atoms. The minimum absolute atomic E-state index is 0.0463. The van der Waals surface area contributed by atoms with Gasteiger partial charge in [0, 0.05) is 12.5 Å². The molecule has 0 saturated heterocycles. The summed E-state index contributed by atoms with van der Waals surface area (Å²) in [4.78, 5) is 0. The lowest BCUT2D eigenvalue weighted by atomic mass is 9.74. The predicted octanol–water partition coefficient (Wildman–Crippen LogP) is 2.05. The summed E-state index contributed by atoms with van der Waals surface area (Å²) in [5.74, 6) is 0.461. The van der Waals surface area contributed by atoms with Gasteiger partial charge in [-0.1, -0.05) is 34.6 Å². The summed E-state index contributed by atoms with van der Waals surface area (Å²) in [6.45, 7) is 10.8. The molecule has 0 aromatic rings. The SMILES string of the molecule is CC(C)(C)[C@@H]1CC(C)(C)[C@H](O)[C@@H]1CO. The molecular weight excluding hydrogens is 176 g/mol. The van der Waals surface area contributed by atoms with E-state index in [9.17, 15) is 10.2 Å². The molecule has 2 nitrogen and oxygen atoms in total.